The second kappa shape index (κ2) is 4.96. The van der Waals surface area contributed by atoms with Crippen LogP contribution < -0.4 is 4.18 Å². The maximum absolute atomic E-state index is 12.2. The molecule has 2 rings (SSSR count). The number of ketones is 1. The zero-order chi connectivity index (χ0) is 12.4. The third-order valence-corrected chi connectivity index (χ3v) is 3.37. The van der Waals surface area contributed by atoms with Crippen LogP contribution in [0.2, 0.25) is 0 Å². The molecule has 0 radical (unpaired) electrons. The first-order valence-corrected chi connectivity index (χ1v) is 6.17. The summed E-state index contributed by atoms with van der Waals surface area (Å²) < 4.78 is 4.99. The van der Waals surface area contributed by atoms with E-state index in [1.807, 2.05) is 38.1 Å². The van der Waals surface area contributed by atoms with Crippen molar-refractivity contribution in [1.82, 2.24) is 0 Å². The van der Waals surface area contributed by atoms with Crippen LogP contribution in [0, 0.1) is 12.8 Å². The van der Waals surface area contributed by atoms with Gasteiger partial charge in [0, 0.05) is 30.0 Å². The molecular weight excluding hydrogens is 232 g/mol. The fourth-order valence-corrected chi connectivity index (χ4v) is 2.20. The Morgan fingerprint density at radius 1 is 1.47 bits per heavy atom. The van der Waals surface area contributed by atoms with Crippen molar-refractivity contribution in [2.45, 2.75) is 26.7 Å². The van der Waals surface area contributed by atoms with E-state index < -0.39 is 0 Å². The minimum Gasteiger partial charge on any atom is -0.429 e. The van der Waals surface area contributed by atoms with Gasteiger partial charge in [-0.25, -0.2) is 0 Å². The molecule has 90 valence electrons. The first kappa shape index (κ1) is 12.2. The Morgan fingerprint density at radius 3 is 2.71 bits per heavy atom. The van der Waals surface area contributed by atoms with Crippen LogP contribution in [-0.4, -0.2) is 5.78 Å². The Balaban J connectivity index is 2.40. The zero-order valence-electron chi connectivity index (χ0n) is 10.1. The van der Waals surface area contributed by atoms with Crippen molar-refractivity contribution in [3.8, 4) is 5.75 Å². The minimum absolute atomic E-state index is 0.237. The first-order valence-electron chi connectivity index (χ1n) is 5.81. The van der Waals surface area contributed by atoms with Gasteiger partial charge in [0.1, 0.15) is 5.75 Å². The molecule has 1 aliphatic rings. The molecule has 1 aliphatic carbocycles. The highest BCUT2D eigenvalue weighted by molar-refractivity contribution is 7.75. The second-order valence-electron chi connectivity index (χ2n) is 4.36. The smallest absolute Gasteiger partial charge is 0.166 e. The highest BCUT2D eigenvalue weighted by atomic mass is 32.1. The first-order chi connectivity index (χ1) is 8.19. The molecule has 0 spiro atoms. The van der Waals surface area contributed by atoms with Gasteiger partial charge in [-0.1, -0.05) is 18.2 Å². The lowest BCUT2D eigenvalue weighted by atomic mass is 9.94. The Labute approximate surface area is 107 Å². The normalized spacial score (nSPS) is 15.8. The van der Waals surface area contributed by atoms with E-state index in [0.717, 1.165) is 29.5 Å². The van der Waals surface area contributed by atoms with Gasteiger partial charge < -0.3 is 4.18 Å². The van der Waals surface area contributed by atoms with Gasteiger partial charge in [-0.15, -0.1) is 0 Å². The van der Waals surface area contributed by atoms with Crippen molar-refractivity contribution in [2.24, 2.45) is 5.92 Å². The molecule has 0 bridgehead atoms. The molecule has 0 N–H and O–H groups in total. The molecule has 2 nitrogen and oxygen atoms in total. The lowest BCUT2D eigenvalue weighted by molar-refractivity contribution is -0.114. The fourth-order valence-electron chi connectivity index (χ4n) is 2.00. The molecule has 0 aromatic heterocycles. The van der Waals surface area contributed by atoms with E-state index in [-0.39, 0.29) is 11.7 Å². The molecule has 0 atom stereocenters. The van der Waals surface area contributed by atoms with Crippen LogP contribution in [-0.2, 0) is 4.79 Å². The monoisotopic (exact) mass is 248 g/mol. The number of hydrogen-bond acceptors (Lipinski definition) is 3. The molecule has 1 aromatic rings. The topological polar surface area (TPSA) is 26.3 Å². The highest BCUT2D eigenvalue weighted by Crippen LogP contribution is 2.37. The molecule has 0 aliphatic heterocycles. The molecule has 1 saturated carbocycles. The molecule has 0 saturated heterocycles. The summed E-state index contributed by atoms with van der Waals surface area (Å²) in [7, 11) is 0. The van der Waals surface area contributed by atoms with Crippen molar-refractivity contribution in [2.75, 3.05) is 0 Å². The van der Waals surface area contributed by atoms with E-state index in [2.05, 4.69) is 12.9 Å². The molecule has 0 heterocycles. The SMILES string of the molecule is C/C=C(/C(=O)C1CC1)c1cccc(OS)c1C. The number of benzene rings is 1. The van der Waals surface area contributed by atoms with E-state index in [4.69, 9.17) is 4.18 Å². The summed E-state index contributed by atoms with van der Waals surface area (Å²) in [5.41, 5.74) is 2.72. The van der Waals surface area contributed by atoms with Crippen LogP contribution in [0.15, 0.2) is 24.3 Å². The summed E-state index contributed by atoms with van der Waals surface area (Å²) in [5.74, 6) is 1.20. The van der Waals surface area contributed by atoms with Crippen LogP contribution in [0.5, 0.6) is 5.75 Å². The van der Waals surface area contributed by atoms with E-state index >= 15 is 0 Å². The van der Waals surface area contributed by atoms with Gasteiger partial charge in [0.2, 0.25) is 0 Å². The van der Waals surface area contributed by atoms with Crippen molar-refractivity contribution in [3.05, 3.63) is 35.4 Å². The van der Waals surface area contributed by atoms with Crippen LogP contribution in [0.25, 0.3) is 5.57 Å². The lowest BCUT2D eigenvalue weighted by Crippen LogP contribution is -2.05. The Morgan fingerprint density at radius 2 is 2.18 bits per heavy atom. The maximum Gasteiger partial charge on any atom is 0.166 e. The van der Waals surface area contributed by atoms with E-state index in [1.54, 1.807) is 0 Å². The quantitative estimate of drug-likeness (QED) is 0.500. The average molecular weight is 248 g/mol. The number of Topliss-reactive ketones (excluding diaryl/α,β-unsaturated/α-hetero) is 1. The largest absolute Gasteiger partial charge is 0.429 e. The number of thiol groups is 1. The van der Waals surface area contributed by atoms with Crippen LogP contribution >= 0.6 is 12.9 Å². The Hall–Kier alpha value is -1.22. The summed E-state index contributed by atoms with van der Waals surface area (Å²) in [4.78, 5) is 12.2. The van der Waals surface area contributed by atoms with Crippen molar-refractivity contribution >= 4 is 24.3 Å². The zero-order valence-corrected chi connectivity index (χ0v) is 11.0. The third kappa shape index (κ3) is 2.39. The second-order valence-corrected chi connectivity index (χ2v) is 4.54. The molecule has 1 aromatic carbocycles. The molecule has 1 fully saturated rings. The fraction of sp³-hybridized carbons (Fsp3) is 0.357. The third-order valence-electron chi connectivity index (χ3n) is 3.17. The van der Waals surface area contributed by atoms with Gasteiger partial charge in [-0.05, 0) is 38.3 Å². The van der Waals surface area contributed by atoms with E-state index in [9.17, 15) is 4.79 Å². The number of hydrogen-bond donors (Lipinski definition) is 1. The molecule has 0 amide bonds. The highest BCUT2D eigenvalue weighted by Gasteiger charge is 2.32. The van der Waals surface area contributed by atoms with Gasteiger partial charge in [0.25, 0.3) is 0 Å². The lowest BCUT2D eigenvalue weighted by Gasteiger charge is -2.11. The predicted octanol–water partition coefficient (Wildman–Crippen LogP) is 3.60. The van der Waals surface area contributed by atoms with Gasteiger partial charge in [0.05, 0.1) is 0 Å². The summed E-state index contributed by atoms with van der Waals surface area (Å²) in [6.07, 6.45) is 3.95. The van der Waals surface area contributed by atoms with Crippen molar-refractivity contribution < 1.29 is 8.98 Å². The van der Waals surface area contributed by atoms with Gasteiger partial charge in [-0.2, -0.15) is 0 Å². The predicted molar refractivity (Wildman–Crippen MR) is 72.2 cm³/mol. The van der Waals surface area contributed by atoms with Gasteiger partial charge in [0.15, 0.2) is 5.78 Å². The number of carbonyl (C=O) groups is 1. The van der Waals surface area contributed by atoms with Crippen LogP contribution in [0.1, 0.15) is 30.9 Å². The van der Waals surface area contributed by atoms with E-state index in [0.29, 0.717) is 5.75 Å². The molecular formula is C14H16O2S. The van der Waals surface area contributed by atoms with Gasteiger partial charge in [-0.3, -0.25) is 4.79 Å². The molecule has 17 heavy (non-hydrogen) atoms. The average Bonchev–Trinajstić information content (AvgIpc) is 3.16. The summed E-state index contributed by atoms with van der Waals surface area (Å²) >= 11 is 3.83. The summed E-state index contributed by atoms with van der Waals surface area (Å²) in [6.45, 7) is 3.86. The number of allylic oxidation sites excluding steroid dienone is 2. The van der Waals surface area contributed by atoms with Crippen molar-refractivity contribution in [3.63, 3.8) is 0 Å². The number of rotatable bonds is 4. The van der Waals surface area contributed by atoms with Gasteiger partial charge >= 0.3 is 0 Å². The maximum atomic E-state index is 12.2. The summed E-state index contributed by atoms with van der Waals surface area (Å²) in [5, 5.41) is 0. The molecule has 0 unspecified atom stereocenters. The van der Waals surface area contributed by atoms with E-state index in [1.165, 1.54) is 0 Å². The van der Waals surface area contributed by atoms with Crippen molar-refractivity contribution in [1.29, 1.82) is 0 Å². The molecule has 3 heteroatoms. The Kier molecular flexibility index (Phi) is 3.57. The minimum atomic E-state index is 0.237. The van der Waals surface area contributed by atoms with Crippen LogP contribution in [0.3, 0.4) is 0 Å². The number of carbonyl (C=O) groups excluding carboxylic acids is 1. The Bertz CT molecular complexity index is 473. The summed E-state index contributed by atoms with van der Waals surface area (Å²) in [6, 6.07) is 5.69. The van der Waals surface area contributed by atoms with Crippen LogP contribution in [0.4, 0.5) is 0 Å². The standard InChI is InChI=1S/C14H16O2S/c1-3-11(14(15)10-7-8-10)12-5-4-6-13(16-17)9(12)2/h3-6,10,17H,7-8H2,1-2H3/b11-3+.